The van der Waals surface area contributed by atoms with E-state index in [1.165, 1.54) is 16.8 Å². The van der Waals surface area contributed by atoms with E-state index in [1.807, 2.05) is 0 Å². The summed E-state index contributed by atoms with van der Waals surface area (Å²) in [6.45, 7) is 4.23. The highest BCUT2D eigenvalue weighted by Gasteiger charge is 2.30. The topological polar surface area (TPSA) is 88.8 Å². The van der Waals surface area contributed by atoms with E-state index in [1.54, 1.807) is 13.8 Å². The molecule has 7 nitrogen and oxygen atoms in total. The van der Waals surface area contributed by atoms with Crippen LogP contribution in [0.2, 0.25) is 0 Å². The smallest absolute Gasteiger partial charge is 0.352 e. The molecule has 0 spiro atoms. The number of aromatic nitrogens is 1. The Morgan fingerprint density at radius 2 is 2.10 bits per heavy atom. The van der Waals surface area contributed by atoms with Gasteiger partial charge in [0.25, 0.3) is 10.0 Å². The normalized spacial score (nSPS) is 17.6. The van der Waals surface area contributed by atoms with Gasteiger partial charge in [-0.25, -0.2) is 13.2 Å². The fraction of sp³-hybridized carbons (Fsp3) is 0.583. The molecule has 8 heteroatoms. The van der Waals surface area contributed by atoms with Crippen LogP contribution < -0.4 is 0 Å². The van der Waals surface area contributed by atoms with Gasteiger partial charge < -0.3 is 9.67 Å². The summed E-state index contributed by atoms with van der Waals surface area (Å²) in [7, 11) is -3.80. The van der Waals surface area contributed by atoms with Crippen LogP contribution in [0.15, 0.2) is 17.2 Å². The van der Waals surface area contributed by atoms with Crippen molar-refractivity contribution in [1.29, 1.82) is 0 Å². The van der Waals surface area contributed by atoms with Crippen molar-refractivity contribution in [2.75, 3.05) is 13.2 Å². The zero-order chi connectivity index (χ0) is 14.9. The predicted octanol–water partition coefficient (Wildman–Crippen LogP) is 1.48. The lowest BCUT2D eigenvalue weighted by atomic mass is 10.3. The highest BCUT2D eigenvalue weighted by molar-refractivity contribution is 7.89. The molecule has 0 aromatic carbocycles. The molecule has 0 unspecified atom stereocenters. The maximum absolute atomic E-state index is 12.4. The second kappa shape index (κ2) is 5.55. The molecule has 1 N–H and O–H groups in total. The molecular formula is C12H18N2O5S. The summed E-state index contributed by atoms with van der Waals surface area (Å²) >= 11 is 0. The lowest BCUT2D eigenvalue weighted by Gasteiger charge is -2.24. The largest absolute Gasteiger partial charge is 0.477 e. The van der Waals surface area contributed by atoms with Crippen molar-refractivity contribution in [3.05, 3.63) is 18.0 Å². The van der Waals surface area contributed by atoms with Crippen molar-refractivity contribution < 1.29 is 23.2 Å². The van der Waals surface area contributed by atoms with Gasteiger partial charge in [-0.1, -0.05) is 4.47 Å². The molecule has 0 saturated carbocycles. The minimum atomic E-state index is -3.80. The molecule has 2 rings (SSSR count). The SMILES string of the molecule is CC(C)n1cc(S(=O)(=O)N2CCCCO2)cc1C(=O)O. The predicted molar refractivity (Wildman–Crippen MR) is 70.9 cm³/mol. The number of aromatic carboxylic acids is 1. The molecule has 20 heavy (non-hydrogen) atoms. The molecule has 0 atom stereocenters. The summed E-state index contributed by atoms with van der Waals surface area (Å²) in [6.07, 6.45) is 2.90. The van der Waals surface area contributed by atoms with Crippen LogP contribution in [0.4, 0.5) is 0 Å². The average Bonchev–Trinajstić information content (AvgIpc) is 2.85. The number of carbonyl (C=O) groups is 1. The molecule has 1 fully saturated rings. The standard InChI is InChI=1S/C12H18N2O5S/c1-9(2)13-8-10(7-11(13)12(15)16)20(17,18)14-5-3-4-6-19-14/h7-9H,3-6H2,1-2H3,(H,15,16). The van der Waals surface area contributed by atoms with Crippen LogP contribution in [0.5, 0.6) is 0 Å². The third-order valence-corrected chi connectivity index (χ3v) is 4.78. The van der Waals surface area contributed by atoms with Gasteiger partial charge in [-0.15, -0.1) is 0 Å². The summed E-state index contributed by atoms with van der Waals surface area (Å²) in [5.41, 5.74) is -0.0458. The number of sulfonamides is 1. The first-order valence-corrected chi connectivity index (χ1v) is 7.89. The Labute approximate surface area is 117 Å². The highest BCUT2D eigenvalue weighted by Crippen LogP contribution is 2.24. The molecule has 0 bridgehead atoms. The summed E-state index contributed by atoms with van der Waals surface area (Å²) in [6, 6.07) is 1.03. The van der Waals surface area contributed by atoms with Crippen LogP contribution in [0.3, 0.4) is 0 Å². The van der Waals surface area contributed by atoms with Crippen LogP contribution in [-0.4, -0.2) is 41.7 Å². The van der Waals surface area contributed by atoms with Gasteiger partial charge in [0.1, 0.15) is 10.6 Å². The van der Waals surface area contributed by atoms with Gasteiger partial charge in [-0.2, -0.15) is 0 Å². The van der Waals surface area contributed by atoms with Crippen LogP contribution in [0, 0.1) is 0 Å². The zero-order valence-corrected chi connectivity index (χ0v) is 12.3. The van der Waals surface area contributed by atoms with Crippen LogP contribution in [0.1, 0.15) is 43.2 Å². The second-order valence-electron chi connectivity index (χ2n) is 4.94. The number of carboxylic acids is 1. The molecule has 1 aliphatic rings. The van der Waals surface area contributed by atoms with E-state index in [2.05, 4.69) is 0 Å². The summed E-state index contributed by atoms with van der Waals surface area (Å²) in [5.74, 6) is -1.15. The van der Waals surface area contributed by atoms with Gasteiger partial charge in [0.05, 0.1) is 6.61 Å². The molecule has 0 aliphatic carbocycles. The van der Waals surface area contributed by atoms with Gasteiger partial charge in [0, 0.05) is 18.8 Å². The quantitative estimate of drug-likeness (QED) is 0.910. The Bertz CT molecular complexity index is 599. The molecular weight excluding hydrogens is 284 g/mol. The lowest BCUT2D eigenvalue weighted by molar-refractivity contribution is -0.108. The molecule has 1 aromatic rings. The molecule has 2 heterocycles. The minimum absolute atomic E-state index is 0.0458. The molecule has 0 amide bonds. The summed E-state index contributed by atoms with van der Waals surface area (Å²) < 4.78 is 27.2. The Morgan fingerprint density at radius 1 is 1.40 bits per heavy atom. The van der Waals surface area contributed by atoms with Gasteiger partial charge in [0.15, 0.2) is 0 Å². The van der Waals surface area contributed by atoms with Crippen molar-refractivity contribution in [3.63, 3.8) is 0 Å². The maximum Gasteiger partial charge on any atom is 0.352 e. The van der Waals surface area contributed by atoms with Crippen molar-refractivity contribution in [3.8, 4) is 0 Å². The van der Waals surface area contributed by atoms with Crippen LogP contribution >= 0.6 is 0 Å². The lowest BCUT2D eigenvalue weighted by Crippen LogP contribution is -2.35. The monoisotopic (exact) mass is 302 g/mol. The fourth-order valence-corrected chi connectivity index (χ4v) is 3.40. The van der Waals surface area contributed by atoms with Crippen molar-refractivity contribution in [2.24, 2.45) is 0 Å². The molecule has 1 aliphatic heterocycles. The van der Waals surface area contributed by atoms with E-state index in [0.717, 1.165) is 17.3 Å². The molecule has 1 aromatic heterocycles. The fourth-order valence-electron chi connectivity index (χ4n) is 2.07. The maximum atomic E-state index is 12.4. The van der Waals surface area contributed by atoms with E-state index < -0.39 is 16.0 Å². The van der Waals surface area contributed by atoms with E-state index in [9.17, 15) is 13.2 Å². The second-order valence-corrected chi connectivity index (χ2v) is 6.77. The molecule has 0 radical (unpaired) electrons. The first-order valence-electron chi connectivity index (χ1n) is 6.45. The number of rotatable bonds is 4. The number of carboxylic acid groups (broad SMARTS) is 1. The first kappa shape index (κ1) is 15.0. The number of hydroxylamine groups is 1. The Balaban J connectivity index is 2.41. The third-order valence-electron chi connectivity index (χ3n) is 3.14. The van der Waals surface area contributed by atoms with Crippen molar-refractivity contribution in [2.45, 2.75) is 37.6 Å². The molecule has 112 valence electrons. The summed E-state index contributed by atoms with van der Waals surface area (Å²) in [4.78, 5) is 16.3. The van der Waals surface area contributed by atoms with E-state index in [4.69, 9.17) is 9.94 Å². The van der Waals surface area contributed by atoms with Crippen molar-refractivity contribution in [1.82, 2.24) is 9.04 Å². The van der Waals surface area contributed by atoms with Gasteiger partial charge >= 0.3 is 5.97 Å². The van der Waals surface area contributed by atoms with Crippen molar-refractivity contribution >= 4 is 16.0 Å². The number of hydrogen-bond acceptors (Lipinski definition) is 4. The number of nitrogens with zero attached hydrogens (tertiary/aromatic N) is 2. The first-order chi connectivity index (χ1) is 9.34. The number of hydrogen-bond donors (Lipinski definition) is 1. The minimum Gasteiger partial charge on any atom is -0.477 e. The van der Waals surface area contributed by atoms with Gasteiger partial charge in [0.2, 0.25) is 0 Å². The summed E-state index contributed by atoms with van der Waals surface area (Å²) in [5, 5.41) is 9.14. The Morgan fingerprint density at radius 3 is 2.55 bits per heavy atom. The third kappa shape index (κ3) is 2.72. The average molecular weight is 302 g/mol. The highest BCUT2D eigenvalue weighted by atomic mass is 32.2. The van der Waals surface area contributed by atoms with Gasteiger partial charge in [-0.3, -0.25) is 4.84 Å². The van der Waals surface area contributed by atoms with E-state index in [-0.39, 0.29) is 23.2 Å². The van der Waals surface area contributed by atoms with Gasteiger partial charge in [-0.05, 0) is 32.8 Å². The Hall–Kier alpha value is -1.38. The van der Waals surface area contributed by atoms with Crippen LogP contribution in [0.25, 0.3) is 0 Å². The molecule has 1 saturated heterocycles. The van der Waals surface area contributed by atoms with E-state index >= 15 is 0 Å². The van der Waals surface area contributed by atoms with Crippen LogP contribution in [-0.2, 0) is 14.9 Å². The zero-order valence-electron chi connectivity index (χ0n) is 11.4. The van der Waals surface area contributed by atoms with E-state index in [0.29, 0.717) is 6.61 Å². The Kier molecular flexibility index (Phi) is 4.17.